The van der Waals surface area contributed by atoms with Gasteiger partial charge >= 0.3 is 6.18 Å². The lowest BCUT2D eigenvalue weighted by atomic mass is 10.3. The van der Waals surface area contributed by atoms with E-state index < -0.39 is 12.8 Å². The number of alkyl halides is 3. The fourth-order valence-corrected chi connectivity index (χ4v) is 1.78. The first-order chi connectivity index (χ1) is 8.37. The minimum absolute atomic E-state index is 0.0425. The SMILES string of the molecule is FC(F)(F)COCCCNc1cc(Cl)cc(Cl)c1. The molecule has 0 amide bonds. The maximum absolute atomic E-state index is 11.7. The first kappa shape index (κ1) is 15.4. The van der Waals surface area contributed by atoms with Crippen LogP contribution in [0.2, 0.25) is 10.0 Å². The molecule has 0 saturated carbocycles. The van der Waals surface area contributed by atoms with Crippen molar-refractivity contribution in [3.8, 4) is 0 Å². The highest BCUT2D eigenvalue weighted by Gasteiger charge is 2.27. The molecule has 0 aromatic heterocycles. The van der Waals surface area contributed by atoms with Crippen molar-refractivity contribution in [2.75, 3.05) is 25.1 Å². The third kappa shape index (κ3) is 6.93. The first-order valence-corrected chi connectivity index (χ1v) is 5.97. The van der Waals surface area contributed by atoms with Crippen LogP contribution in [0.5, 0.6) is 0 Å². The van der Waals surface area contributed by atoms with Gasteiger partial charge in [-0.25, -0.2) is 0 Å². The molecule has 0 heterocycles. The molecule has 0 spiro atoms. The molecule has 1 rings (SSSR count). The van der Waals surface area contributed by atoms with E-state index >= 15 is 0 Å². The summed E-state index contributed by atoms with van der Waals surface area (Å²) in [5, 5.41) is 3.99. The minimum atomic E-state index is -4.27. The number of ether oxygens (including phenoxy) is 1. The lowest BCUT2D eigenvalue weighted by molar-refractivity contribution is -0.173. The number of hydrogen-bond donors (Lipinski definition) is 1. The second-order valence-corrected chi connectivity index (χ2v) is 4.48. The van der Waals surface area contributed by atoms with Gasteiger partial charge in [0.25, 0.3) is 0 Å². The molecule has 0 aliphatic rings. The van der Waals surface area contributed by atoms with Crippen LogP contribution in [0.4, 0.5) is 18.9 Å². The first-order valence-electron chi connectivity index (χ1n) is 5.21. The topological polar surface area (TPSA) is 21.3 Å². The Bertz CT molecular complexity index is 365. The second-order valence-electron chi connectivity index (χ2n) is 3.61. The van der Waals surface area contributed by atoms with Crippen LogP contribution in [-0.4, -0.2) is 25.9 Å². The van der Waals surface area contributed by atoms with Gasteiger partial charge in [0, 0.05) is 28.9 Å². The van der Waals surface area contributed by atoms with Gasteiger partial charge in [0.15, 0.2) is 0 Å². The van der Waals surface area contributed by atoms with Gasteiger partial charge in [-0.05, 0) is 24.6 Å². The molecule has 1 aromatic rings. The van der Waals surface area contributed by atoms with Gasteiger partial charge < -0.3 is 10.1 Å². The fourth-order valence-electron chi connectivity index (χ4n) is 1.25. The lowest BCUT2D eigenvalue weighted by Crippen LogP contribution is -2.18. The predicted molar refractivity (Wildman–Crippen MR) is 66.4 cm³/mol. The molecule has 0 aliphatic carbocycles. The van der Waals surface area contributed by atoms with E-state index in [4.69, 9.17) is 23.2 Å². The molecule has 0 saturated heterocycles. The maximum Gasteiger partial charge on any atom is 0.411 e. The van der Waals surface area contributed by atoms with Crippen LogP contribution in [0.3, 0.4) is 0 Å². The summed E-state index contributed by atoms with van der Waals surface area (Å²) in [7, 11) is 0. The van der Waals surface area contributed by atoms with Crippen LogP contribution in [-0.2, 0) is 4.74 Å². The Kier molecular flexibility index (Phi) is 6.05. The lowest BCUT2D eigenvalue weighted by Gasteiger charge is -2.09. The molecular formula is C11H12Cl2F3NO. The maximum atomic E-state index is 11.7. The van der Waals surface area contributed by atoms with Crippen LogP contribution >= 0.6 is 23.2 Å². The Labute approximate surface area is 113 Å². The van der Waals surface area contributed by atoms with Crippen LogP contribution in [0.15, 0.2) is 18.2 Å². The van der Waals surface area contributed by atoms with E-state index in [2.05, 4.69) is 10.1 Å². The van der Waals surface area contributed by atoms with Gasteiger partial charge in [-0.15, -0.1) is 0 Å². The number of nitrogens with one attached hydrogen (secondary N) is 1. The van der Waals surface area contributed by atoms with E-state index in [1.54, 1.807) is 18.2 Å². The molecule has 1 aromatic carbocycles. The average Bonchev–Trinajstić information content (AvgIpc) is 2.20. The normalized spacial score (nSPS) is 11.6. The van der Waals surface area contributed by atoms with Gasteiger partial charge in [-0.3, -0.25) is 0 Å². The van der Waals surface area contributed by atoms with E-state index in [1.165, 1.54) is 0 Å². The summed E-state index contributed by atoms with van der Waals surface area (Å²) in [5.74, 6) is 0. The molecule has 0 atom stereocenters. The van der Waals surface area contributed by atoms with Gasteiger partial charge in [0.2, 0.25) is 0 Å². The van der Waals surface area contributed by atoms with Crippen LogP contribution in [0, 0.1) is 0 Å². The summed E-state index contributed by atoms with van der Waals surface area (Å²) in [6.07, 6.45) is -3.81. The summed E-state index contributed by atoms with van der Waals surface area (Å²) in [6.45, 7) is -0.689. The Morgan fingerprint density at radius 1 is 1.11 bits per heavy atom. The summed E-state index contributed by atoms with van der Waals surface area (Å²) in [4.78, 5) is 0. The molecule has 7 heteroatoms. The van der Waals surface area contributed by atoms with Crippen molar-refractivity contribution in [3.63, 3.8) is 0 Å². The van der Waals surface area contributed by atoms with Crippen molar-refractivity contribution in [3.05, 3.63) is 28.2 Å². The fraction of sp³-hybridized carbons (Fsp3) is 0.455. The summed E-state index contributed by atoms with van der Waals surface area (Å²) in [6, 6.07) is 4.97. The van der Waals surface area contributed by atoms with Gasteiger partial charge in [-0.1, -0.05) is 23.2 Å². The van der Waals surface area contributed by atoms with E-state index in [0.717, 1.165) is 5.69 Å². The summed E-state index contributed by atoms with van der Waals surface area (Å²) < 4.78 is 39.7. The minimum Gasteiger partial charge on any atom is -0.385 e. The Balaban J connectivity index is 2.18. The molecule has 0 fully saturated rings. The number of anilines is 1. The molecule has 102 valence electrons. The summed E-state index contributed by atoms with van der Waals surface area (Å²) in [5.41, 5.74) is 0.725. The van der Waals surface area contributed by atoms with Crippen molar-refractivity contribution in [2.45, 2.75) is 12.6 Å². The standard InChI is InChI=1S/C11H12Cl2F3NO/c12-8-4-9(13)6-10(5-8)17-2-1-3-18-7-11(14,15)16/h4-6,17H,1-3,7H2. The number of benzene rings is 1. The number of halogens is 5. The smallest absolute Gasteiger partial charge is 0.385 e. The van der Waals surface area contributed by atoms with E-state index in [1.807, 2.05) is 0 Å². The monoisotopic (exact) mass is 301 g/mol. The van der Waals surface area contributed by atoms with E-state index in [9.17, 15) is 13.2 Å². The molecule has 2 nitrogen and oxygen atoms in total. The Morgan fingerprint density at radius 2 is 1.72 bits per heavy atom. The molecule has 0 radical (unpaired) electrons. The van der Waals surface area contributed by atoms with Crippen LogP contribution < -0.4 is 5.32 Å². The summed E-state index contributed by atoms with van der Waals surface area (Å²) >= 11 is 11.6. The largest absolute Gasteiger partial charge is 0.411 e. The Hall–Kier alpha value is -0.650. The van der Waals surface area contributed by atoms with E-state index in [0.29, 0.717) is 23.0 Å². The van der Waals surface area contributed by atoms with Crippen molar-refractivity contribution >= 4 is 28.9 Å². The van der Waals surface area contributed by atoms with Crippen molar-refractivity contribution in [1.82, 2.24) is 0 Å². The second kappa shape index (κ2) is 7.07. The third-order valence-electron chi connectivity index (χ3n) is 1.92. The molecule has 1 N–H and O–H groups in total. The highest BCUT2D eigenvalue weighted by atomic mass is 35.5. The van der Waals surface area contributed by atoms with Crippen molar-refractivity contribution in [2.24, 2.45) is 0 Å². The number of rotatable bonds is 6. The van der Waals surface area contributed by atoms with Crippen molar-refractivity contribution < 1.29 is 17.9 Å². The zero-order valence-corrected chi connectivity index (χ0v) is 10.9. The molecule has 0 unspecified atom stereocenters. The third-order valence-corrected chi connectivity index (χ3v) is 2.36. The quantitative estimate of drug-likeness (QED) is 0.788. The van der Waals surface area contributed by atoms with Crippen LogP contribution in [0.25, 0.3) is 0 Å². The van der Waals surface area contributed by atoms with Gasteiger partial charge in [0.1, 0.15) is 6.61 Å². The van der Waals surface area contributed by atoms with Crippen molar-refractivity contribution in [1.29, 1.82) is 0 Å². The molecule has 0 bridgehead atoms. The zero-order chi connectivity index (χ0) is 13.6. The predicted octanol–water partition coefficient (Wildman–Crippen LogP) is 4.37. The van der Waals surface area contributed by atoms with E-state index in [-0.39, 0.29) is 6.61 Å². The Morgan fingerprint density at radius 3 is 2.28 bits per heavy atom. The van der Waals surface area contributed by atoms with Crippen LogP contribution in [0.1, 0.15) is 6.42 Å². The average molecular weight is 302 g/mol. The highest BCUT2D eigenvalue weighted by molar-refractivity contribution is 6.35. The molecular weight excluding hydrogens is 290 g/mol. The molecule has 18 heavy (non-hydrogen) atoms. The van der Waals surface area contributed by atoms with Gasteiger partial charge in [0.05, 0.1) is 0 Å². The molecule has 0 aliphatic heterocycles. The zero-order valence-electron chi connectivity index (χ0n) is 9.36. The number of hydrogen-bond acceptors (Lipinski definition) is 2. The highest BCUT2D eigenvalue weighted by Crippen LogP contribution is 2.22. The van der Waals surface area contributed by atoms with Gasteiger partial charge in [-0.2, -0.15) is 13.2 Å².